The Morgan fingerprint density at radius 1 is 0.842 bits per heavy atom. The fraction of sp³-hybridized carbons (Fsp3) is 1.00. The molecule has 2 N–H and O–H groups in total. The third-order valence-electron chi connectivity index (χ3n) is 5.78. The van der Waals surface area contributed by atoms with Gasteiger partial charge in [0.2, 0.25) is 0 Å². The van der Waals surface area contributed by atoms with Gasteiger partial charge in [0, 0.05) is 24.2 Å². The van der Waals surface area contributed by atoms with E-state index < -0.39 is 0 Å². The summed E-state index contributed by atoms with van der Waals surface area (Å²) < 4.78 is 0. The van der Waals surface area contributed by atoms with Gasteiger partial charge in [-0.2, -0.15) is 0 Å². The van der Waals surface area contributed by atoms with Crippen molar-refractivity contribution < 1.29 is 0 Å². The third-order valence-corrected chi connectivity index (χ3v) is 5.78. The summed E-state index contributed by atoms with van der Waals surface area (Å²) in [7, 11) is 0. The molecule has 2 saturated heterocycles. The van der Waals surface area contributed by atoms with Crippen LogP contribution in [0.4, 0.5) is 0 Å². The Bertz CT molecular complexity index is 317. The number of hydrogen-bond donors (Lipinski definition) is 1. The Balaban J connectivity index is 1.79. The lowest BCUT2D eigenvalue weighted by atomic mass is 9.63. The van der Waals surface area contributed by atoms with Crippen molar-refractivity contribution in [1.29, 1.82) is 0 Å². The minimum Gasteiger partial charge on any atom is -0.328 e. The van der Waals surface area contributed by atoms with Crippen LogP contribution < -0.4 is 5.73 Å². The molecule has 0 amide bonds. The van der Waals surface area contributed by atoms with E-state index in [1.807, 2.05) is 0 Å². The molecule has 2 unspecified atom stereocenters. The molecule has 2 aliphatic heterocycles. The van der Waals surface area contributed by atoms with Crippen LogP contribution in [0.15, 0.2) is 0 Å². The van der Waals surface area contributed by atoms with Crippen molar-refractivity contribution in [3.8, 4) is 0 Å². The maximum Gasteiger partial charge on any atom is 0.0116 e. The lowest BCUT2D eigenvalue weighted by molar-refractivity contribution is -0.0156. The molecule has 2 nitrogen and oxygen atoms in total. The number of fused-ring (bicyclic) bond motifs is 2. The topological polar surface area (TPSA) is 29.3 Å². The first kappa shape index (κ1) is 13.9. The lowest BCUT2D eigenvalue weighted by Gasteiger charge is -2.52. The zero-order chi connectivity index (χ0) is 13.8. The number of nitrogens with two attached hydrogens (primary N) is 1. The SMILES string of the molecule is CC1(C)CC(N2C3CCC2CC(N)C3)CC(C)(C)C1. The van der Waals surface area contributed by atoms with E-state index in [1.165, 1.54) is 44.9 Å². The molecule has 0 aromatic carbocycles. The minimum atomic E-state index is 0.471. The van der Waals surface area contributed by atoms with Gasteiger partial charge in [-0.05, 0) is 55.8 Å². The fourth-order valence-electron chi connectivity index (χ4n) is 5.85. The third kappa shape index (κ3) is 2.71. The summed E-state index contributed by atoms with van der Waals surface area (Å²) >= 11 is 0. The van der Waals surface area contributed by atoms with Gasteiger partial charge in [0.15, 0.2) is 0 Å². The van der Waals surface area contributed by atoms with E-state index in [1.54, 1.807) is 0 Å². The Hall–Kier alpha value is -0.0800. The van der Waals surface area contributed by atoms with Gasteiger partial charge in [0.1, 0.15) is 0 Å². The zero-order valence-electron chi connectivity index (χ0n) is 13.3. The van der Waals surface area contributed by atoms with Crippen molar-refractivity contribution in [2.75, 3.05) is 0 Å². The van der Waals surface area contributed by atoms with Gasteiger partial charge in [-0.3, -0.25) is 4.90 Å². The minimum absolute atomic E-state index is 0.471. The fourth-order valence-corrected chi connectivity index (χ4v) is 5.85. The molecule has 3 fully saturated rings. The van der Waals surface area contributed by atoms with Crippen LogP contribution in [0.25, 0.3) is 0 Å². The monoisotopic (exact) mass is 264 g/mol. The Morgan fingerprint density at radius 3 is 1.79 bits per heavy atom. The molecule has 3 rings (SSSR count). The van der Waals surface area contributed by atoms with Crippen LogP contribution in [0.1, 0.15) is 72.6 Å². The van der Waals surface area contributed by atoms with Crippen LogP contribution in [-0.2, 0) is 0 Å². The highest BCUT2D eigenvalue weighted by molar-refractivity contribution is 5.03. The van der Waals surface area contributed by atoms with Crippen LogP contribution in [0.3, 0.4) is 0 Å². The Morgan fingerprint density at radius 2 is 1.32 bits per heavy atom. The Kier molecular flexibility index (Phi) is 3.26. The van der Waals surface area contributed by atoms with E-state index in [9.17, 15) is 0 Å². The van der Waals surface area contributed by atoms with E-state index >= 15 is 0 Å². The molecular formula is C17H32N2. The molecule has 2 heterocycles. The molecule has 1 aliphatic carbocycles. The second-order valence-electron chi connectivity index (χ2n) is 9.13. The summed E-state index contributed by atoms with van der Waals surface area (Å²) in [5.41, 5.74) is 7.24. The average molecular weight is 264 g/mol. The summed E-state index contributed by atoms with van der Waals surface area (Å²) in [6.07, 6.45) is 9.43. The molecule has 2 atom stereocenters. The first-order valence-electron chi connectivity index (χ1n) is 8.29. The van der Waals surface area contributed by atoms with Crippen molar-refractivity contribution in [1.82, 2.24) is 4.90 Å². The highest BCUT2D eigenvalue weighted by Crippen LogP contribution is 2.50. The summed E-state index contributed by atoms with van der Waals surface area (Å²) in [5, 5.41) is 0. The number of nitrogens with zero attached hydrogens (tertiary/aromatic N) is 1. The second kappa shape index (κ2) is 4.46. The van der Waals surface area contributed by atoms with Gasteiger partial charge >= 0.3 is 0 Å². The number of piperidine rings is 1. The molecule has 0 aromatic heterocycles. The lowest BCUT2D eigenvalue weighted by Crippen LogP contribution is -2.55. The average Bonchev–Trinajstić information content (AvgIpc) is 2.46. The molecule has 0 spiro atoms. The van der Waals surface area contributed by atoms with Crippen molar-refractivity contribution >= 4 is 0 Å². The maximum absolute atomic E-state index is 6.23. The molecule has 110 valence electrons. The van der Waals surface area contributed by atoms with Crippen LogP contribution >= 0.6 is 0 Å². The highest BCUT2D eigenvalue weighted by atomic mass is 15.3. The van der Waals surface area contributed by atoms with Crippen molar-refractivity contribution in [3.63, 3.8) is 0 Å². The van der Waals surface area contributed by atoms with Crippen LogP contribution in [0.2, 0.25) is 0 Å². The first-order chi connectivity index (χ1) is 8.76. The van der Waals surface area contributed by atoms with Gasteiger partial charge < -0.3 is 5.73 Å². The molecular weight excluding hydrogens is 232 g/mol. The maximum atomic E-state index is 6.23. The molecule has 0 radical (unpaired) electrons. The molecule has 1 saturated carbocycles. The van der Waals surface area contributed by atoms with Crippen molar-refractivity contribution in [3.05, 3.63) is 0 Å². The summed E-state index contributed by atoms with van der Waals surface area (Å²) in [6.45, 7) is 9.88. The first-order valence-corrected chi connectivity index (χ1v) is 8.29. The van der Waals surface area contributed by atoms with Gasteiger partial charge in [-0.25, -0.2) is 0 Å². The quantitative estimate of drug-likeness (QED) is 0.785. The zero-order valence-corrected chi connectivity index (χ0v) is 13.3. The highest BCUT2D eigenvalue weighted by Gasteiger charge is 2.48. The molecule has 0 aromatic rings. The van der Waals surface area contributed by atoms with E-state index in [0.29, 0.717) is 16.9 Å². The summed E-state index contributed by atoms with van der Waals surface area (Å²) in [4.78, 5) is 2.91. The summed E-state index contributed by atoms with van der Waals surface area (Å²) in [5.74, 6) is 0. The number of rotatable bonds is 1. The predicted octanol–water partition coefficient (Wildman–Crippen LogP) is 3.55. The van der Waals surface area contributed by atoms with Gasteiger partial charge in [0.05, 0.1) is 0 Å². The van der Waals surface area contributed by atoms with Gasteiger partial charge in [-0.1, -0.05) is 27.7 Å². The smallest absolute Gasteiger partial charge is 0.0116 e. The van der Waals surface area contributed by atoms with Crippen molar-refractivity contribution in [2.45, 2.75) is 96.8 Å². The largest absolute Gasteiger partial charge is 0.328 e. The molecule has 19 heavy (non-hydrogen) atoms. The van der Waals surface area contributed by atoms with Crippen molar-refractivity contribution in [2.24, 2.45) is 16.6 Å². The van der Waals surface area contributed by atoms with E-state index in [0.717, 1.165) is 18.1 Å². The standard InChI is InChI=1S/C17H32N2/c1-16(2)9-15(10-17(3,4)11-16)19-13-5-6-14(19)8-12(18)7-13/h12-15H,5-11,18H2,1-4H3. The molecule has 2 bridgehead atoms. The molecule has 2 heteroatoms. The summed E-state index contributed by atoms with van der Waals surface area (Å²) in [6, 6.07) is 2.87. The second-order valence-corrected chi connectivity index (χ2v) is 9.13. The van der Waals surface area contributed by atoms with E-state index in [-0.39, 0.29) is 0 Å². The normalized spacial score (nSPS) is 42.5. The van der Waals surface area contributed by atoms with E-state index in [4.69, 9.17) is 5.73 Å². The van der Waals surface area contributed by atoms with E-state index in [2.05, 4.69) is 32.6 Å². The Labute approximate surface area is 119 Å². The number of hydrogen-bond acceptors (Lipinski definition) is 2. The van der Waals surface area contributed by atoms with Gasteiger partial charge in [0.25, 0.3) is 0 Å². The molecule has 3 aliphatic rings. The predicted molar refractivity (Wildman–Crippen MR) is 81.1 cm³/mol. The van der Waals surface area contributed by atoms with Gasteiger partial charge in [-0.15, -0.1) is 0 Å². The van der Waals surface area contributed by atoms with Crippen LogP contribution in [0, 0.1) is 10.8 Å². The van der Waals surface area contributed by atoms with Crippen LogP contribution in [-0.4, -0.2) is 29.1 Å². The van der Waals surface area contributed by atoms with Crippen LogP contribution in [0.5, 0.6) is 0 Å².